The molecule has 590 valence electrons. The summed E-state index contributed by atoms with van der Waals surface area (Å²) in [4.78, 5) is 152. The van der Waals surface area contributed by atoms with Crippen LogP contribution in [0.15, 0.2) is 121 Å². The Morgan fingerprint density at radius 2 is 0.862 bits per heavy atom. The second-order valence-electron chi connectivity index (χ2n) is 22.2. The maximum Gasteiger partial charge on any atom is 0.347 e. The van der Waals surface area contributed by atoms with Gasteiger partial charge in [0.2, 0.25) is 12.0 Å². The number of halogens is 1. The summed E-state index contributed by atoms with van der Waals surface area (Å²) in [6.45, 7) is 15.4. The van der Waals surface area contributed by atoms with Crippen LogP contribution in [0.5, 0.6) is 28.7 Å². The van der Waals surface area contributed by atoms with Crippen LogP contribution >= 0.6 is 12.4 Å². The molecule has 2 unspecified atom stereocenters. The van der Waals surface area contributed by atoms with Crippen LogP contribution in [0.2, 0.25) is 0 Å². The normalized spacial score (nSPS) is 14.9. The molecule has 109 heavy (non-hydrogen) atoms. The number of Topliss-reactive ketones (excluding diaryl/α,β-unsaturated/α-hetero) is 2. The van der Waals surface area contributed by atoms with Gasteiger partial charge in [-0.2, -0.15) is 0 Å². The molecule has 0 spiro atoms. The highest BCUT2D eigenvalue weighted by molar-refractivity contribution is 6.03. The van der Waals surface area contributed by atoms with E-state index in [1.165, 1.54) is 61.5 Å². The number of ether oxygens (including phenoxy) is 11. The minimum absolute atomic E-state index is 0. The molecule has 0 saturated heterocycles. The van der Waals surface area contributed by atoms with E-state index in [1.54, 1.807) is 60.6 Å². The zero-order valence-electron chi connectivity index (χ0n) is 60.8. The molecule has 5 N–H and O–H groups in total. The zero-order chi connectivity index (χ0) is 80.4. The molecule has 4 aliphatic rings. The highest BCUT2D eigenvalue weighted by Gasteiger charge is 2.34. The minimum atomic E-state index is -0.985. The topological polar surface area (TPSA) is 497 Å². The summed E-state index contributed by atoms with van der Waals surface area (Å²) in [7, 11) is 0. The van der Waals surface area contributed by atoms with Gasteiger partial charge in [0.05, 0.1) is 97.8 Å². The number of non-ortho nitro benzene ring substituents is 3. The zero-order valence-corrected chi connectivity index (χ0v) is 61.6. The fourth-order valence-corrected chi connectivity index (χ4v) is 9.49. The quantitative estimate of drug-likeness (QED) is 0.0125. The van der Waals surface area contributed by atoms with E-state index in [2.05, 4.69) is 24.3 Å². The number of phenolic OH excluding ortho intramolecular Hbond substituents is 1. The Bertz CT molecular complexity index is 3950. The van der Waals surface area contributed by atoms with Gasteiger partial charge in [-0.3, -0.25) is 59.1 Å². The van der Waals surface area contributed by atoms with Crippen molar-refractivity contribution in [2.45, 2.75) is 138 Å². The Hall–Kier alpha value is -12.6. The number of carboxylic acid groups (broad SMARTS) is 1. The lowest BCUT2D eigenvalue weighted by atomic mass is 9.98. The number of nitrogen functional groups attached to an aromatic ring is 1. The Balaban J connectivity index is 0.000000436. The van der Waals surface area contributed by atoms with E-state index in [0.29, 0.717) is 51.6 Å². The fraction of sp³-hybridized carbons (Fsp3) is 0.384. The molecule has 0 saturated carbocycles. The van der Waals surface area contributed by atoms with Crippen molar-refractivity contribution >= 4 is 106 Å². The van der Waals surface area contributed by atoms with Crippen molar-refractivity contribution in [2.24, 2.45) is 0 Å². The average Bonchev–Trinajstić information content (AvgIpc) is 0.798. The van der Waals surface area contributed by atoms with E-state index >= 15 is 0 Å². The lowest BCUT2D eigenvalue weighted by Gasteiger charge is -2.25. The monoisotopic (exact) mass is 1550 g/mol. The van der Waals surface area contributed by atoms with E-state index in [4.69, 9.17) is 49.1 Å². The third-order valence-corrected chi connectivity index (χ3v) is 14.1. The third kappa shape index (κ3) is 34.9. The van der Waals surface area contributed by atoms with Gasteiger partial charge in [0.1, 0.15) is 47.1 Å². The van der Waals surface area contributed by atoms with Gasteiger partial charge >= 0.3 is 47.8 Å². The molecule has 9 rings (SSSR count). The Morgan fingerprint density at radius 1 is 0.486 bits per heavy atom. The number of ketones is 2. The number of carboxylic acids is 1. The predicted molar refractivity (Wildman–Crippen MR) is 388 cm³/mol. The van der Waals surface area contributed by atoms with Crippen molar-refractivity contribution < 1.29 is 130 Å². The molecule has 35 nitrogen and oxygen atoms in total. The van der Waals surface area contributed by atoms with Crippen molar-refractivity contribution in [3.05, 3.63) is 174 Å². The smallest absolute Gasteiger partial charge is 0.347 e. The Kier molecular flexibility index (Phi) is 41.8. The molecule has 5 aromatic rings. The predicted octanol–water partition coefficient (Wildman–Crippen LogP) is 10.2. The van der Waals surface area contributed by atoms with E-state index in [0.717, 1.165) is 77.9 Å². The number of esters is 7. The Labute approximate surface area is 631 Å². The van der Waals surface area contributed by atoms with Crippen LogP contribution < -0.4 is 30.0 Å². The average molecular weight is 1550 g/mol. The van der Waals surface area contributed by atoms with Crippen LogP contribution in [0.4, 0.5) is 28.4 Å². The number of carbonyl (C=O) groups is 11. The number of nitro benzene ring substituents is 3. The molecule has 5 aromatic carbocycles. The molecule has 36 heteroatoms. The molecule has 0 aromatic heterocycles. The number of amides is 1. The standard InChI is InChI=1S/C13H13NO6.C13H15NO4.C13H17NO3.C12H11NO6.2C8H12O4.C6H5NO3.ClH/c1-2-19-13(16)7-9-6-11(15)10-5-8(14(17)18)3-4-12(10)20-9;1-8(15)14-10-3-5-12-9(6-10)2-4-11(18-12)7-13(16)17;1-2-16-13(15)8-11-5-3-9-7-10(14)4-6-12(9)17-11;1-2-18-12(15)11-6-9(14)8-5-7(13(16)17)3-4-10(8)19-11;2*1-3-11-7(9)5-6-8(10)12-4-2;8-6-3-1-5(2-4-6)7(9)10;/h3-5,9H,2,6-7H2,1H3;3,5-6,11H,2,4,7H2,1H3,(H,14,15)(H,16,17);4,6-7,11H,2-3,5,8,14H2,1H3;3-5,11H,2,6H2,1H3;2*5-6H,3-4H2,1-2H3;1-4,8H;1H/b;;;;6-5+;6-5-;;/t;2*11-;;;;;/m.00...../s1. The molecule has 0 bridgehead atoms. The van der Waals surface area contributed by atoms with Gasteiger partial charge in [-0.25, -0.2) is 24.0 Å². The number of hydrogen-bond donors (Lipinski definition) is 4. The molecule has 0 fully saturated rings. The molecule has 0 radical (unpaired) electrons. The number of fused-ring (bicyclic) bond motifs is 4. The summed E-state index contributed by atoms with van der Waals surface area (Å²) >= 11 is 0. The highest BCUT2D eigenvalue weighted by Crippen LogP contribution is 2.35. The number of rotatable bonds is 22. The van der Waals surface area contributed by atoms with Gasteiger partial charge in [0, 0.05) is 85.4 Å². The molecule has 4 aliphatic heterocycles. The number of carbonyl (C=O) groups excluding carboxylic acids is 10. The second-order valence-corrected chi connectivity index (χ2v) is 22.2. The Morgan fingerprint density at radius 3 is 1.28 bits per heavy atom. The van der Waals surface area contributed by atoms with E-state index in [-0.39, 0.29) is 132 Å². The van der Waals surface area contributed by atoms with Gasteiger partial charge in [-0.05, 0) is 146 Å². The number of nitrogens with zero attached hydrogens (tertiary/aromatic N) is 3. The van der Waals surface area contributed by atoms with Gasteiger partial charge in [-0.15, -0.1) is 12.4 Å². The number of nitro groups is 3. The SMILES string of the molecule is CC(=O)Nc1ccc2c(c1)CC[C@@H](CC(=O)O)O2.CCOC(=O)/C=C/C(=O)OCC.CCOC(=O)/C=C\C(=O)OCC.CCOC(=O)C1CC(=O)c2cc([N+](=O)[O-])ccc2O1.CCOC(=O)CC1CC(=O)c2cc([N+](=O)[O-])ccc2O1.CCOC(=O)C[C@@H]1CCc2cc(N)ccc2O1.Cl.O=[N+]([O-])c1ccc(O)cc1. The maximum atomic E-state index is 12.0. The molecule has 4 heterocycles. The summed E-state index contributed by atoms with van der Waals surface area (Å²) in [6.07, 6.45) is 5.58. The van der Waals surface area contributed by atoms with Crippen molar-refractivity contribution in [1.29, 1.82) is 0 Å². The molecule has 1 amide bonds. The summed E-state index contributed by atoms with van der Waals surface area (Å²) < 4.78 is 54.8. The van der Waals surface area contributed by atoms with Crippen molar-refractivity contribution in [3.8, 4) is 28.7 Å². The fourth-order valence-electron chi connectivity index (χ4n) is 9.49. The van der Waals surface area contributed by atoms with Crippen LogP contribution in [0.1, 0.15) is 132 Å². The van der Waals surface area contributed by atoms with Crippen LogP contribution in [0.25, 0.3) is 0 Å². The lowest BCUT2D eigenvalue weighted by Crippen LogP contribution is -2.35. The number of aliphatic carboxylic acids is 1. The van der Waals surface area contributed by atoms with Gasteiger partial charge in [-0.1, -0.05) is 0 Å². The first-order valence-electron chi connectivity index (χ1n) is 33.6. The first-order valence-corrected chi connectivity index (χ1v) is 33.6. The number of nitrogens with two attached hydrogens (primary N) is 1. The number of phenols is 1. The van der Waals surface area contributed by atoms with Gasteiger partial charge < -0.3 is 73.4 Å². The van der Waals surface area contributed by atoms with Crippen LogP contribution in [-0.4, -0.2) is 161 Å². The number of nitrogens with one attached hydrogen (secondary N) is 1. The van der Waals surface area contributed by atoms with Crippen molar-refractivity contribution in [2.75, 3.05) is 57.3 Å². The molecular weight excluding hydrogens is 1460 g/mol. The highest BCUT2D eigenvalue weighted by atomic mass is 35.5. The third-order valence-electron chi connectivity index (χ3n) is 14.1. The summed E-state index contributed by atoms with van der Waals surface area (Å²) in [5, 5.41) is 51.5. The van der Waals surface area contributed by atoms with Gasteiger partial charge in [0.15, 0.2) is 11.6 Å². The molecular formula is C73H86ClN5O30. The van der Waals surface area contributed by atoms with E-state index in [9.17, 15) is 83.1 Å². The van der Waals surface area contributed by atoms with Crippen LogP contribution in [0, 0.1) is 30.3 Å². The maximum absolute atomic E-state index is 12.0. The number of hydrogen-bond acceptors (Lipinski definition) is 30. The first-order chi connectivity index (χ1) is 51.4. The van der Waals surface area contributed by atoms with E-state index in [1.807, 2.05) is 24.3 Å². The number of aryl methyl sites for hydroxylation is 2. The van der Waals surface area contributed by atoms with E-state index < -0.39 is 68.8 Å². The minimum Gasteiger partial charge on any atom is -0.508 e. The van der Waals surface area contributed by atoms with Crippen molar-refractivity contribution in [3.63, 3.8) is 0 Å². The second kappa shape index (κ2) is 49.3. The van der Waals surface area contributed by atoms with Crippen LogP contribution in [0.3, 0.4) is 0 Å². The van der Waals surface area contributed by atoms with Gasteiger partial charge in [0.25, 0.3) is 17.1 Å². The largest absolute Gasteiger partial charge is 0.508 e. The number of benzene rings is 5. The van der Waals surface area contributed by atoms with Crippen LogP contribution in [-0.2, 0) is 89.2 Å². The molecule has 4 atom stereocenters. The summed E-state index contributed by atoms with van der Waals surface area (Å²) in [6, 6.07) is 23.6. The van der Waals surface area contributed by atoms with Crippen molar-refractivity contribution in [1.82, 2.24) is 0 Å². The number of aromatic hydroxyl groups is 1. The summed E-state index contributed by atoms with van der Waals surface area (Å²) in [5.41, 5.74) is 9.24. The number of anilines is 2. The first kappa shape index (κ1) is 92.5. The lowest BCUT2D eigenvalue weighted by molar-refractivity contribution is -0.385. The summed E-state index contributed by atoms with van der Waals surface area (Å²) in [5.74, 6) is -2.99. The molecule has 0 aliphatic carbocycles.